The molecule has 166 valence electrons. The lowest BCUT2D eigenvalue weighted by Crippen LogP contribution is -2.24. The predicted molar refractivity (Wildman–Crippen MR) is 126 cm³/mol. The molecule has 0 spiro atoms. The van der Waals surface area contributed by atoms with Gasteiger partial charge in [-0.15, -0.1) is 0 Å². The van der Waals surface area contributed by atoms with Crippen LogP contribution >= 0.6 is 0 Å². The van der Waals surface area contributed by atoms with Crippen molar-refractivity contribution in [1.29, 1.82) is 5.26 Å². The largest absolute Gasteiger partial charge is 0.436 e. The fourth-order valence-corrected chi connectivity index (χ4v) is 3.89. The van der Waals surface area contributed by atoms with Crippen molar-refractivity contribution in [2.75, 3.05) is 13.1 Å². The van der Waals surface area contributed by atoms with Crippen LogP contribution in [0.1, 0.15) is 44.2 Å². The third kappa shape index (κ3) is 6.90. The highest BCUT2D eigenvalue weighted by atomic mass is 19.1. The van der Waals surface area contributed by atoms with E-state index in [9.17, 15) is 4.39 Å². The molecule has 2 heterocycles. The summed E-state index contributed by atoms with van der Waals surface area (Å²) in [7, 11) is 0. The van der Waals surface area contributed by atoms with Gasteiger partial charge in [0.25, 0.3) is 0 Å². The summed E-state index contributed by atoms with van der Waals surface area (Å²) in [4.78, 5) is 6.43. The lowest BCUT2D eigenvalue weighted by atomic mass is 9.92. The average molecular weight is 432 g/mol. The number of rotatable bonds is 7. The van der Waals surface area contributed by atoms with Crippen molar-refractivity contribution in [3.63, 3.8) is 0 Å². The van der Waals surface area contributed by atoms with Crippen LogP contribution in [-0.4, -0.2) is 23.0 Å². The van der Waals surface area contributed by atoms with Crippen molar-refractivity contribution in [2.24, 2.45) is 5.92 Å². The molecule has 1 aromatic carbocycles. The molecule has 0 radical (unpaired) electrons. The predicted octanol–water partition coefficient (Wildman–Crippen LogP) is 6.57. The molecule has 1 aromatic heterocycles. The third-order valence-electron chi connectivity index (χ3n) is 5.72. The van der Waals surface area contributed by atoms with Crippen molar-refractivity contribution in [3.05, 3.63) is 89.4 Å². The second-order valence-electron chi connectivity index (χ2n) is 8.09. The first kappa shape index (κ1) is 23.4. The number of hydrogen-bond acceptors (Lipinski definition) is 4. The van der Waals surface area contributed by atoms with Crippen molar-refractivity contribution in [1.82, 2.24) is 9.88 Å². The molecule has 2 aromatic rings. The minimum atomic E-state index is -0.409. The summed E-state index contributed by atoms with van der Waals surface area (Å²) in [5.41, 5.74) is 2.79. The monoisotopic (exact) mass is 431 g/mol. The number of aromatic nitrogens is 1. The molecule has 1 saturated heterocycles. The molecule has 1 fully saturated rings. The highest BCUT2D eigenvalue weighted by molar-refractivity contribution is 5.34. The first-order valence-corrected chi connectivity index (χ1v) is 11.1. The van der Waals surface area contributed by atoms with Gasteiger partial charge in [0.1, 0.15) is 6.07 Å². The maximum Gasteiger partial charge on any atom is 0.219 e. The van der Waals surface area contributed by atoms with E-state index in [4.69, 9.17) is 10.00 Å². The van der Waals surface area contributed by atoms with Gasteiger partial charge in [0.2, 0.25) is 5.88 Å². The Balaban J connectivity index is 1.56. The molecule has 0 amide bonds. The normalized spacial score (nSPS) is 18.1. The third-order valence-corrected chi connectivity index (χ3v) is 5.72. The fourth-order valence-electron chi connectivity index (χ4n) is 3.89. The van der Waals surface area contributed by atoms with E-state index >= 15 is 0 Å². The Morgan fingerprint density at radius 2 is 2.09 bits per heavy atom. The van der Waals surface area contributed by atoms with Gasteiger partial charge in [0.05, 0.1) is 5.56 Å². The number of pyridine rings is 1. The van der Waals surface area contributed by atoms with Crippen LogP contribution in [0.5, 0.6) is 11.6 Å². The number of nitrogens with zero attached hydrogens (tertiary/aromatic N) is 3. The van der Waals surface area contributed by atoms with Crippen LogP contribution in [0.2, 0.25) is 0 Å². The molecule has 0 aliphatic carbocycles. The maximum atomic E-state index is 14.6. The van der Waals surface area contributed by atoms with E-state index in [1.54, 1.807) is 24.3 Å². The van der Waals surface area contributed by atoms with Crippen molar-refractivity contribution in [2.45, 2.75) is 39.7 Å². The lowest BCUT2D eigenvalue weighted by Gasteiger charge is -2.20. The molecule has 32 heavy (non-hydrogen) atoms. The quantitative estimate of drug-likeness (QED) is 0.466. The number of allylic oxidation sites excluding steroid dienone is 6. The smallest absolute Gasteiger partial charge is 0.219 e. The molecule has 1 aliphatic rings. The minimum absolute atomic E-state index is 0.133. The van der Waals surface area contributed by atoms with E-state index < -0.39 is 5.82 Å². The van der Waals surface area contributed by atoms with Crippen LogP contribution in [-0.2, 0) is 6.54 Å². The Morgan fingerprint density at radius 3 is 2.81 bits per heavy atom. The van der Waals surface area contributed by atoms with Crippen molar-refractivity contribution < 1.29 is 9.13 Å². The van der Waals surface area contributed by atoms with E-state index in [-0.39, 0.29) is 11.6 Å². The molecule has 0 N–H and O–H groups in total. The number of ether oxygens (including phenoxy) is 1. The first-order valence-electron chi connectivity index (χ1n) is 11.1. The van der Waals surface area contributed by atoms with Crippen LogP contribution in [0.3, 0.4) is 0 Å². The lowest BCUT2D eigenvalue weighted by molar-refractivity contribution is 0.274. The topological polar surface area (TPSA) is 49.1 Å². The van der Waals surface area contributed by atoms with Crippen LogP contribution in [0, 0.1) is 23.1 Å². The van der Waals surface area contributed by atoms with Crippen LogP contribution in [0.4, 0.5) is 4.39 Å². The highest BCUT2D eigenvalue weighted by Gasteiger charge is 2.18. The number of benzene rings is 1. The summed E-state index contributed by atoms with van der Waals surface area (Å²) < 4.78 is 20.2. The van der Waals surface area contributed by atoms with Crippen LogP contribution in [0.15, 0.2) is 72.5 Å². The molecule has 1 aliphatic heterocycles. The van der Waals surface area contributed by atoms with Crippen molar-refractivity contribution >= 4 is 0 Å². The summed E-state index contributed by atoms with van der Waals surface area (Å²) in [5, 5.41) is 8.84. The van der Waals surface area contributed by atoms with E-state index in [1.165, 1.54) is 18.2 Å². The van der Waals surface area contributed by atoms with Gasteiger partial charge in [0, 0.05) is 18.8 Å². The van der Waals surface area contributed by atoms with Crippen LogP contribution < -0.4 is 4.74 Å². The molecular formula is C27H30FN3O. The second-order valence-corrected chi connectivity index (χ2v) is 8.09. The molecule has 0 saturated carbocycles. The van der Waals surface area contributed by atoms with Gasteiger partial charge in [-0.2, -0.15) is 5.26 Å². The SMILES string of the molecule is C\C=C/C=C\C=C(/C)C1CCCN(Cc2ccc(Oc3ccc(C#N)cn3)c(F)c2)CC1. The summed E-state index contributed by atoms with van der Waals surface area (Å²) in [6, 6.07) is 10.2. The molecule has 4 nitrogen and oxygen atoms in total. The van der Waals surface area contributed by atoms with Crippen LogP contribution in [0.25, 0.3) is 0 Å². The zero-order chi connectivity index (χ0) is 22.8. The number of likely N-dealkylation sites (tertiary alicyclic amines) is 1. The van der Waals surface area contributed by atoms with E-state index in [1.807, 2.05) is 31.2 Å². The zero-order valence-corrected chi connectivity index (χ0v) is 18.8. The van der Waals surface area contributed by atoms with Gasteiger partial charge in [-0.3, -0.25) is 4.90 Å². The Hall–Kier alpha value is -3.23. The van der Waals surface area contributed by atoms with Gasteiger partial charge < -0.3 is 4.74 Å². The highest BCUT2D eigenvalue weighted by Crippen LogP contribution is 2.27. The van der Waals surface area contributed by atoms with Gasteiger partial charge in [-0.1, -0.05) is 42.0 Å². The molecule has 1 unspecified atom stereocenters. The molecular weight excluding hydrogens is 401 g/mol. The molecule has 0 bridgehead atoms. The van der Waals surface area contributed by atoms with E-state index in [0.29, 0.717) is 11.5 Å². The summed E-state index contributed by atoms with van der Waals surface area (Å²) >= 11 is 0. The fraction of sp³-hybridized carbons (Fsp3) is 0.333. The van der Waals surface area contributed by atoms with Crippen molar-refractivity contribution in [3.8, 4) is 17.7 Å². The van der Waals surface area contributed by atoms with Gasteiger partial charge >= 0.3 is 0 Å². The zero-order valence-electron chi connectivity index (χ0n) is 18.8. The van der Waals surface area contributed by atoms with E-state index in [0.717, 1.165) is 38.0 Å². The minimum Gasteiger partial charge on any atom is -0.436 e. The van der Waals surface area contributed by atoms with Gasteiger partial charge in [-0.05, 0) is 75.9 Å². The Morgan fingerprint density at radius 1 is 1.22 bits per heavy atom. The standard InChI is InChI=1S/C27H30FN3O/c1-3-4-5-6-8-21(2)24-9-7-15-31(16-14-24)20-22-10-12-26(25(28)17-22)32-27-13-11-23(18-29)19-30-27/h3-6,8,10-13,17,19,24H,7,9,14-16,20H2,1-2H3/b4-3-,6-5-,21-8+. The Kier molecular flexibility index (Phi) is 8.77. The summed E-state index contributed by atoms with van der Waals surface area (Å²) in [5.74, 6) is 0.586. The molecule has 5 heteroatoms. The number of halogens is 1. The van der Waals surface area contributed by atoms with E-state index in [2.05, 4.69) is 35.0 Å². The average Bonchev–Trinajstić information content (AvgIpc) is 3.04. The molecule has 3 rings (SSSR count). The second kappa shape index (κ2) is 12.0. The number of nitriles is 1. The molecule has 1 atom stereocenters. The maximum absolute atomic E-state index is 14.6. The Bertz CT molecular complexity index is 1020. The first-order chi connectivity index (χ1) is 15.6. The summed E-state index contributed by atoms with van der Waals surface area (Å²) in [6.07, 6.45) is 15.3. The van der Waals surface area contributed by atoms with Gasteiger partial charge in [0.15, 0.2) is 11.6 Å². The van der Waals surface area contributed by atoms with Gasteiger partial charge in [-0.25, -0.2) is 9.37 Å². The summed E-state index contributed by atoms with van der Waals surface area (Å²) in [6.45, 7) is 6.98. The number of hydrogen-bond donors (Lipinski definition) is 0. The Labute approximate surface area is 190 Å².